The average Bonchev–Trinajstić information content (AvgIpc) is 2.65. The van der Waals surface area contributed by atoms with E-state index in [-0.39, 0.29) is 11.8 Å². The molecule has 3 nitrogen and oxygen atoms in total. The predicted molar refractivity (Wildman–Crippen MR) is 65.0 cm³/mol. The van der Waals surface area contributed by atoms with E-state index < -0.39 is 6.36 Å². The molecule has 1 aromatic heterocycles. The van der Waals surface area contributed by atoms with E-state index in [4.69, 9.17) is 5.73 Å². The minimum Gasteiger partial charge on any atom is -0.406 e. The third-order valence-corrected chi connectivity index (χ3v) is 3.43. The first-order valence-corrected chi connectivity index (χ1v) is 6.07. The lowest BCUT2D eigenvalue weighted by molar-refractivity contribution is -0.274. The van der Waals surface area contributed by atoms with Crippen molar-refractivity contribution < 1.29 is 17.9 Å². The zero-order chi connectivity index (χ0) is 13.6. The number of aromatic nitrogens is 1. The summed E-state index contributed by atoms with van der Waals surface area (Å²) in [6, 6.07) is 4.42. The highest BCUT2D eigenvalue weighted by molar-refractivity contribution is 5.86. The maximum atomic E-state index is 12.2. The van der Waals surface area contributed by atoms with Gasteiger partial charge in [0.05, 0.1) is 0 Å². The number of halogens is 3. The fourth-order valence-corrected chi connectivity index (χ4v) is 2.62. The third kappa shape index (κ3) is 2.40. The minimum atomic E-state index is -4.67. The summed E-state index contributed by atoms with van der Waals surface area (Å²) in [5.74, 6) is -0.194. The summed E-state index contributed by atoms with van der Waals surface area (Å²) in [5.41, 5.74) is 8.83. The van der Waals surface area contributed by atoms with Gasteiger partial charge in [-0.3, -0.25) is 0 Å². The number of hydrogen-bond donors (Lipinski definition) is 2. The van der Waals surface area contributed by atoms with Crippen molar-refractivity contribution in [2.24, 2.45) is 5.73 Å². The van der Waals surface area contributed by atoms with E-state index in [1.54, 1.807) is 6.07 Å². The Bertz CT molecular complexity index is 618. The first kappa shape index (κ1) is 12.3. The highest BCUT2D eigenvalue weighted by atomic mass is 19.4. The summed E-state index contributed by atoms with van der Waals surface area (Å²) in [7, 11) is 0. The summed E-state index contributed by atoms with van der Waals surface area (Å²) in [6.45, 7) is 0. The molecule has 1 heterocycles. The summed E-state index contributed by atoms with van der Waals surface area (Å²) in [6.07, 6.45) is -2.25. The molecular weight excluding hydrogens is 257 g/mol. The number of benzene rings is 1. The number of nitrogens with one attached hydrogen (secondary N) is 1. The van der Waals surface area contributed by atoms with Crippen molar-refractivity contribution in [3.63, 3.8) is 0 Å². The zero-order valence-corrected chi connectivity index (χ0v) is 10.1. The molecule has 0 bridgehead atoms. The molecule has 0 saturated heterocycles. The highest BCUT2D eigenvalue weighted by Gasteiger charge is 2.31. The van der Waals surface area contributed by atoms with Crippen molar-refractivity contribution in [1.82, 2.24) is 4.98 Å². The number of aryl methyl sites for hydroxylation is 1. The molecule has 0 saturated carbocycles. The molecule has 0 aliphatic heterocycles. The monoisotopic (exact) mass is 270 g/mol. The molecule has 3 N–H and O–H groups in total. The second-order valence-electron chi connectivity index (χ2n) is 4.84. The fourth-order valence-electron chi connectivity index (χ4n) is 2.62. The van der Waals surface area contributed by atoms with Crippen LogP contribution in [0.4, 0.5) is 13.2 Å². The number of H-pyrrole nitrogens is 1. The van der Waals surface area contributed by atoms with Crippen LogP contribution in [0.1, 0.15) is 17.7 Å². The molecule has 102 valence electrons. The molecule has 6 heteroatoms. The number of aromatic amines is 1. The molecule has 0 fully saturated rings. The number of hydrogen-bond acceptors (Lipinski definition) is 2. The molecule has 19 heavy (non-hydrogen) atoms. The zero-order valence-electron chi connectivity index (χ0n) is 10.1. The van der Waals surface area contributed by atoms with Gasteiger partial charge >= 0.3 is 6.36 Å². The minimum absolute atomic E-state index is 0.0682. The van der Waals surface area contributed by atoms with Gasteiger partial charge in [0.15, 0.2) is 0 Å². The van der Waals surface area contributed by atoms with Crippen molar-refractivity contribution in [3.05, 3.63) is 29.5 Å². The number of rotatable bonds is 1. The van der Waals surface area contributed by atoms with Gasteiger partial charge in [-0.2, -0.15) is 0 Å². The maximum absolute atomic E-state index is 12.2. The first-order valence-electron chi connectivity index (χ1n) is 6.07. The van der Waals surface area contributed by atoms with Crippen LogP contribution in [-0.4, -0.2) is 17.4 Å². The molecule has 1 atom stereocenters. The van der Waals surface area contributed by atoms with Crippen LogP contribution >= 0.6 is 0 Å². The van der Waals surface area contributed by atoms with Gasteiger partial charge in [-0.05, 0) is 43.0 Å². The molecule has 0 radical (unpaired) electrons. The molecule has 2 aromatic rings. The molecule has 1 aliphatic carbocycles. The Morgan fingerprint density at radius 1 is 1.32 bits per heavy atom. The van der Waals surface area contributed by atoms with Gasteiger partial charge in [0.1, 0.15) is 5.75 Å². The van der Waals surface area contributed by atoms with Gasteiger partial charge in [0.25, 0.3) is 0 Å². The molecular formula is C13H13F3N2O. The third-order valence-electron chi connectivity index (χ3n) is 3.43. The standard InChI is InChI=1S/C13H13F3N2O/c14-13(15,16)19-8-2-4-12-10(6-8)9-5-7(17)1-3-11(9)18-12/h2,4,6-7,18H,1,3,5,17H2. The molecule has 0 amide bonds. The van der Waals surface area contributed by atoms with E-state index in [2.05, 4.69) is 9.72 Å². The Labute approximate surface area is 107 Å². The Kier molecular flexibility index (Phi) is 2.70. The Balaban J connectivity index is 2.04. The van der Waals surface area contributed by atoms with Crippen LogP contribution in [0, 0.1) is 0 Å². The van der Waals surface area contributed by atoms with Crippen molar-refractivity contribution >= 4 is 10.9 Å². The fraction of sp³-hybridized carbons (Fsp3) is 0.385. The van der Waals surface area contributed by atoms with Gasteiger partial charge in [-0.15, -0.1) is 13.2 Å². The maximum Gasteiger partial charge on any atom is 0.573 e. The van der Waals surface area contributed by atoms with Gasteiger partial charge in [0.2, 0.25) is 0 Å². The van der Waals surface area contributed by atoms with Crippen LogP contribution in [0.25, 0.3) is 10.9 Å². The van der Waals surface area contributed by atoms with Gasteiger partial charge in [-0.25, -0.2) is 0 Å². The van der Waals surface area contributed by atoms with Gasteiger partial charge in [0, 0.05) is 22.6 Å². The van der Waals surface area contributed by atoms with Crippen molar-refractivity contribution in [2.45, 2.75) is 31.7 Å². The van der Waals surface area contributed by atoms with Crippen LogP contribution in [0.2, 0.25) is 0 Å². The van der Waals surface area contributed by atoms with Crippen LogP contribution in [0.15, 0.2) is 18.2 Å². The van der Waals surface area contributed by atoms with Crippen molar-refractivity contribution in [1.29, 1.82) is 0 Å². The van der Waals surface area contributed by atoms with Crippen LogP contribution in [-0.2, 0) is 12.8 Å². The summed E-state index contributed by atoms with van der Waals surface area (Å²) in [4.78, 5) is 3.23. The smallest absolute Gasteiger partial charge is 0.406 e. The van der Waals surface area contributed by atoms with Crippen LogP contribution in [0.3, 0.4) is 0 Å². The summed E-state index contributed by atoms with van der Waals surface area (Å²) < 4.78 is 40.6. The van der Waals surface area contributed by atoms with E-state index in [0.29, 0.717) is 6.42 Å². The number of nitrogens with two attached hydrogens (primary N) is 1. The van der Waals surface area contributed by atoms with Gasteiger partial charge in [-0.1, -0.05) is 0 Å². The van der Waals surface area contributed by atoms with Crippen molar-refractivity contribution in [3.8, 4) is 5.75 Å². The Morgan fingerprint density at radius 2 is 2.11 bits per heavy atom. The summed E-state index contributed by atoms with van der Waals surface area (Å²) in [5, 5.41) is 0.770. The van der Waals surface area contributed by atoms with E-state index in [1.165, 1.54) is 12.1 Å². The normalized spacial score (nSPS) is 19.5. The Morgan fingerprint density at radius 3 is 2.84 bits per heavy atom. The molecule has 1 unspecified atom stereocenters. The van der Waals surface area contributed by atoms with Crippen molar-refractivity contribution in [2.75, 3.05) is 0 Å². The lowest BCUT2D eigenvalue weighted by Gasteiger charge is -2.18. The molecule has 0 spiro atoms. The van der Waals surface area contributed by atoms with E-state index in [0.717, 1.165) is 35.0 Å². The SMILES string of the molecule is NC1CCc2[nH]c3ccc(OC(F)(F)F)cc3c2C1. The highest BCUT2D eigenvalue weighted by Crippen LogP contribution is 2.32. The quantitative estimate of drug-likeness (QED) is 0.837. The van der Waals surface area contributed by atoms with Crippen LogP contribution < -0.4 is 10.5 Å². The molecule has 1 aliphatic rings. The second kappa shape index (κ2) is 4.16. The number of fused-ring (bicyclic) bond motifs is 3. The largest absolute Gasteiger partial charge is 0.573 e. The number of alkyl halides is 3. The van der Waals surface area contributed by atoms with E-state index >= 15 is 0 Å². The predicted octanol–water partition coefficient (Wildman–Crippen LogP) is 2.88. The lowest BCUT2D eigenvalue weighted by Crippen LogP contribution is -2.27. The van der Waals surface area contributed by atoms with E-state index in [9.17, 15) is 13.2 Å². The first-order chi connectivity index (χ1) is 8.92. The summed E-state index contributed by atoms with van der Waals surface area (Å²) >= 11 is 0. The average molecular weight is 270 g/mol. The van der Waals surface area contributed by atoms with Gasteiger partial charge < -0.3 is 15.5 Å². The second-order valence-corrected chi connectivity index (χ2v) is 4.84. The molecule has 1 aromatic carbocycles. The lowest BCUT2D eigenvalue weighted by atomic mass is 9.92. The Hall–Kier alpha value is -1.69. The van der Waals surface area contributed by atoms with E-state index in [1.807, 2.05) is 0 Å². The van der Waals surface area contributed by atoms with Crippen LogP contribution in [0.5, 0.6) is 5.75 Å². The molecule has 3 rings (SSSR count). The topological polar surface area (TPSA) is 51.0 Å². The number of ether oxygens (including phenoxy) is 1.